The van der Waals surface area contributed by atoms with Gasteiger partial charge in [-0.15, -0.1) is 5.10 Å². The van der Waals surface area contributed by atoms with E-state index in [-0.39, 0.29) is 0 Å². The number of nitrogens with zero attached hydrogens (tertiary/aromatic N) is 2. The molecule has 0 aliphatic carbocycles. The van der Waals surface area contributed by atoms with Gasteiger partial charge in [0.05, 0.1) is 6.21 Å². The van der Waals surface area contributed by atoms with Crippen molar-refractivity contribution in [2.45, 2.75) is 0 Å². The molecular weight excluding hydrogens is 310 g/mol. The van der Waals surface area contributed by atoms with Crippen LogP contribution in [0.15, 0.2) is 81.4 Å². The summed E-state index contributed by atoms with van der Waals surface area (Å²) in [5, 5.41) is 8.59. The third-order valence-corrected chi connectivity index (χ3v) is 3.39. The third kappa shape index (κ3) is 3.87. The number of furan rings is 1. The van der Waals surface area contributed by atoms with Crippen LogP contribution in [0.4, 0.5) is 0 Å². The highest BCUT2D eigenvalue weighted by atomic mass is 35.5. The molecule has 0 aliphatic rings. The predicted molar refractivity (Wildman–Crippen MR) is 93.9 cm³/mol. The molecule has 0 fully saturated rings. The summed E-state index contributed by atoms with van der Waals surface area (Å²) >= 11 is 5.98. The number of rotatable bonds is 4. The molecule has 0 aliphatic heterocycles. The number of halogens is 1. The second-order valence-electron chi connectivity index (χ2n) is 4.81. The molecule has 4 nitrogen and oxygen atoms in total. The largest absolute Gasteiger partial charge is 0.455 e. The van der Waals surface area contributed by atoms with Gasteiger partial charge in [-0.2, -0.15) is 5.10 Å². The average Bonchev–Trinajstić information content (AvgIpc) is 3.04. The first kappa shape index (κ1) is 15.1. The molecular formula is C18H14ClN3O. The minimum Gasteiger partial charge on any atom is -0.455 e. The second kappa shape index (κ2) is 6.94. The normalized spacial score (nSPS) is 12.0. The van der Waals surface area contributed by atoms with Gasteiger partial charge in [0.2, 0.25) is 0 Å². The van der Waals surface area contributed by atoms with Crippen molar-refractivity contribution in [2.75, 3.05) is 0 Å². The Labute approximate surface area is 138 Å². The van der Waals surface area contributed by atoms with Gasteiger partial charge in [0.1, 0.15) is 11.5 Å². The first-order valence-electron chi connectivity index (χ1n) is 7.00. The third-order valence-electron chi connectivity index (χ3n) is 3.16. The van der Waals surface area contributed by atoms with Crippen molar-refractivity contribution in [1.29, 1.82) is 0 Å². The van der Waals surface area contributed by atoms with Gasteiger partial charge in [-0.1, -0.05) is 54.1 Å². The quantitative estimate of drug-likeness (QED) is 0.441. The summed E-state index contributed by atoms with van der Waals surface area (Å²) in [5.74, 6) is 1.65. The molecule has 2 N–H and O–H groups in total. The van der Waals surface area contributed by atoms with Crippen LogP contribution < -0.4 is 5.73 Å². The van der Waals surface area contributed by atoms with Gasteiger partial charge in [0, 0.05) is 16.1 Å². The van der Waals surface area contributed by atoms with E-state index < -0.39 is 0 Å². The van der Waals surface area contributed by atoms with Crippen LogP contribution in [0.2, 0.25) is 5.02 Å². The topological polar surface area (TPSA) is 63.9 Å². The van der Waals surface area contributed by atoms with Crippen molar-refractivity contribution in [2.24, 2.45) is 15.9 Å². The maximum atomic E-state index is 5.98. The SMILES string of the molecule is N/C(=N\N=C\c1ccc(-c2cccc(Cl)c2)o1)c1ccccc1. The highest BCUT2D eigenvalue weighted by Gasteiger charge is 2.03. The monoisotopic (exact) mass is 323 g/mol. The molecule has 114 valence electrons. The van der Waals surface area contributed by atoms with Crippen LogP contribution in [0.5, 0.6) is 0 Å². The molecule has 3 rings (SSSR count). The zero-order chi connectivity index (χ0) is 16.1. The number of hydrogen-bond acceptors (Lipinski definition) is 3. The molecule has 5 heteroatoms. The van der Waals surface area contributed by atoms with E-state index in [1.807, 2.05) is 66.7 Å². The summed E-state index contributed by atoms with van der Waals surface area (Å²) in [4.78, 5) is 0. The lowest BCUT2D eigenvalue weighted by Crippen LogP contribution is -2.12. The lowest BCUT2D eigenvalue weighted by molar-refractivity contribution is 0.575. The fraction of sp³-hybridized carbons (Fsp3) is 0. The maximum Gasteiger partial charge on any atom is 0.153 e. The molecule has 0 saturated heterocycles. The van der Waals surface area contributed by atoms with Crippen LogP contribution in [-0.4, -0.2) is 12.1 Å². The van der Waals surface area contributed by atoms with Crippen LogP contribution in [0.3, 0.4) is 0 Å². The van der Waals surface area contributed by atoms with Crippen LogP contribution in [0.25, 0.3) is 11.3 Å². The minimum atomic E-state index is 0.350. The fourth-order valence-corrected chi connectivity index (χ4v) is 2.22. The van der Waals surface area contributed by atoms with Crippen molar-refractivity contribution >= 4 is 23.7 Å². The van der Waals surface area contributed by atoms with Crippen molar-refractivity contribution in [3.63, 3.8) is 0 Å². The van der Waals surface area contributed by atoms with Gasteiger partial charge in [0.15, 0.2) is 5.84 Å². The predicted octanol–water partition coefficient (Wildman–Crippen LogP) is 4.34. The first-order valence-corrected chi connectivity index (χ1v) is 7.38. The Morgan fingerprint density at radius 2 is 1.83 bits per heavy atom. The van der Waals surface area contributed by atoms with Crippen LogP contribution in [0.1, 0.15) is 11.3 Å². The highest BCUT2D eigenvalue weighted by Crippen LogP contribution is 2.24. The van der Waals surface area contributed by atoms with Gasteiger partial charge in [-0.05, 0) is 24.3 Å². The van der Waals surface area contributed by atoms with Crippen molar-refractivity contribution < 1.29 is 4.42 Å². The molecule has 0 bridgehead atoms. The van der Waals surface area contributed by atoms with Gasteiger partial charge < -0.3 is 10.2 Å². The molecule has 3 aromatic rings. The van der Waals surface area contributed by atoms with Gasteiger partial charge >= 0.3 is 0 Å². The summed E-state index contributed by atoms with van der Waals surface area (Å²) in [6.45, 7) is 0. The van der Waals surface area contributed by atoms with Gasteiger partial charge in [0.25, 0.3) is 0 Å². The molecule has 0 spiro atoms. The summed E-state index contributed by atoms with van der Waals surface area (Å²) in [7, 11) is 0. The van der Waals surface area contributed by atoms with E-state index in [4.69, 9.17) is 21.8 Å². The van der Waals surface area contributed by atoms with E-state index in [0.29, 0.717) is 22.4 Å². The van der Waals surface area contributed by atoms with E-state index in [9.17, 15) is 0 Å². The summed E-state index contributed by atoms with van der Waals surface area (Å²) in [5.41, 5.74) is 7.59. The highest BCUT2D eigenvalue weighted by molar-refractivity contribution is 6.30. The second-order valence-corrected chi connectivity index (χ2v) is 5.24. The Morgan fingerprint density at radius 3 is 2.61 bits per heavy atom. The minimum absolute atomic E-state index is 0.350. The maximum absolute atomic E-state index is 5.98. The Hall–Kier alpha value is -2.85. The number of amidine groups is 1. The van der Waals surface area contributed by atoms with Crippen LogP contribution >= 0.6 is 11.6 Å². The Morgan fingerprint density at radius 1 is 1.00 bits per heavy atom. The van der Waals surface area contributed by atoms with E-state index in [2.05, 4.69) is 10.2 Å². The number of hydrogen-bond donors (Lipinski definition) is 1. The molecule has 0 saturated carbocycles. The molecule has 0 amide bonds. The Balaban J connectivity index is 1.74. The standard InChI is InChI=1S/C18H14ClN3O/c19-15-8-4-7-14(11-15)17-10-9-16(23-17)12-21-22-18(20)13-5-2-1-3-6-13/h1-12H,(H2,20,22)/b21-12+. The lowest BCUT2D eigenvalue weighted by atomic mass is 10.2. The molecule has 1 heterocycles. The molecule has 0 radical (unpaired) electrons. The van der Waals surface area contributed by atoms with Crippen molar-refractivity contribution in [3.05, 3.63) is 83.1 Å². The smallest absolute Gasteiger partial charge is 0.153 e. The van der Waals surface area contributed by atoms with E-state index in [0.717, 1.165) is 11.1 Å². The van der Waals surface area contributed by atoms with E-state index in [1.54, 1.807) is 0 Å². The Kier molecular flexibility index (Phi) is 4.54. The average molecular weight is 324 g/mol. The molecule has 0 atom stereocenters. The van der Waals surface area contributed by atoms with Crippen molar-refractivity contribution in [1.82, 2.24) is 0 Å². The lowest BCUT2D eigenvalue weighted by Gasteiger charge is -1.97. The Bertz CT molecular complexity index is 853. The van der Waals surface area contributed by atoms with Gasteiger partial charge in [-0.25, -0.2) is 0 Å². The fourth-order valence-electron chi connectivity index (χ4n) is 2.03. The number of benzene rings is 2. The molecule has 0 unspecified atom stereocenters. The van der Waals surface area contributed by atoms with Crippen molar-refractivity contribution in [3.8, 4) is 11.3 Å². The van der Waals surface area contributed by atoms with Crippen LogP contribution in [-0.2, 0) is 0 Å². The summed E-state index contributed by atoms with van der Waals surface area (Å²) in [6, 6.07) is 20.6. The molecule has 1 aromatic heterocycles. The zero-order valence-corrected chi connectivity index (χ0v) is 12.9. The summed E-state index contributed by atoms with van der Waals surface area (Å²) < 4.78 is 5.69. The van der Waals surface area contributed by atoms with E-state index in [1.165, 1.54) is 6.21 Å². The summed E-state index contributed by atoms with van der Waals surface area (Å²) in [6.07, 6.45) is 1.52. The zero-order valence-electron chi connectivity index (χ0n) is 12.2. The van der Waals surface area contributed by atoms with E-state index >= 15 is 0 Å². The number of nitrogens with two attached hydrogens (primary N) is 1. The molecule has 23 heavy (non-hydrogen) atoms. The van der Waals surface area contributed by atoms with Gasteiger partial charge in [-0.3, -0.25) is 0 Å². The first-order chi connectivity index (χ1) is 11.2. The van der Waals surface area contributed by atoms with Crippen LogP contribution in [0, 0.1) is 0 Å². The molecule has 2 aromatic carbocycles.